The molecule has 1 aromatic carbocycles. The summed E-state index contributed by atoms with van der Waals surface area (Å²) in [4.78, 5) is 16.4. The fourth-order valence-electron chi connectivity index (χ4n) is 2.46. The van der Waals surface area contributed by atoms with Gasteiger partial charge >= 0.3 is 0 Å². The number of rotatable bonds is 8. The summed E-state index contributed by atoms with van der Waals surface area (Å²) in [6.07, 6.45) is 4.37. The molecule has 1 amide bonds. The van der Waals surface area contributed by atoms with Crippen molar-refractivity contribution in [2.45, 2.75) is 33.1 Å². The number of hydrogen-bond acceptors (Lipinski definition) is 3. The molecule has 4 heteroatoms. The first kappa shape index (κ1) is 17.0. The van der Waals surface area contributed by atoms with Gasteiger partial charge in [0.2, 0.25) is 5.91 Å². The lowest BCUT2D eigenvalue weighted by atomic mass is 10.0. The van der Waals surface area contributed by atoms with Crippen molar-refractivity contribution in [1.82, 2.24) is 4.98 Å². The first-order valence-corrected chi connectivity index (χ1v) is 8.27. The lowest BCUT2D eigenvalue weighted by Gasteiger charge is -2.13. The quantitative estimate of drug-likeness (QED) is 0.771. The number of pyridine rings is 1. The molecule has 0 saturated carbocycles. The highest BCUT2D eigenvalue weighted by atomic mass is 16.1. The first-order chi connectivity index (χ1) is 11.2. The molecular formula is C19H25N3O. The summed E-state index contributed by atoms with van der Waals surface area (Å²) in [5, 5.41) is 6.22. The lowest BCUT2D eigenvalue weighted by Crippen LogP contribution is -2.21. The molecule has 1 aromatic heterocycles. The fourth-order valence-corrected chi connectivity index (χ4v) is 2.46. The second-order valence-electron chi connectivity index (χ2n) is 5.60. The first-order valence-electron chi connectivity index (χ1n) is 8.27. The molecule has 2 aromatic rings. The van der Waals surface area contributed by atoms with Crippen LogP contribution < -0.4 is 10.6 Å². The van der Waals surface area contributed by atoms with Crippen molar-refractivity contribution in [3.8, 4) is 0 Å². The van der Waals surface area contributed by atoms with Crippen LogP contribution in [0, 0.1) is 5.92 Å². The second kappa shape index (κ2) is 8.93. The largest absolute Gasteiger partial charge is 0.370 e. The van der Waals surface area contributed by atoms with Gasteiger partial charge in [-0.15, -0.1) is 0 Å². The third-order valence-corrected chi connectivity index (χ3v) is 3.95. The molecule has 0 saturated heterocycles. The van der Waals surface area contributed by atoms with Crippen LogP contribution in [0.15, 0.2) is 48.7 Å². The van der Waals surface area contributed by atoms with Crippen LogP contribution in [-0.2, 0) is 11.2 Å². The summed E-state index contributed by atoms with van der Waals surface area (Å²) < 4.78 is 0. The van der Waals surface area contributed by atoms with Gasteiger partial charge in [0, 0.05) is 12.5 Å². The van der Waals surface area contributed by atoms with E-state index in [-0.39, 0.29) is 11.8 Å². The number of nitrogens with one attached hydrogen (secondary N) is 2. The lowest BCUT2D eigenvalue weighted by molar-refractivity contribution is -0.120. The van der Waals surface area contributed by atoms with Crippen molar-refractivity contribution in [3.63, 3.8) is 0 Å². The van der Waals surface area contributed by atoms with Gasteiger partial charge in [0.05, 0.1) is 11.9 Å². The highest BCUT2D eigenvalue weighted by molar-refractivity contribution is 5.92. The third kappa shape index (κ3) is 5.40. The van der Waals surface area contributed by atoms with Crippen LogP contribution in [0.3, 0.4) is 0 Å². The van der Waals surface area contributed by atoms with Crippen LogP contribution in [0.1, 0.15) is 32.3 Å². The fraction of sp³-hybridized carbons (Fsp3) is 0.368. The molecule has 0 radical (unpaired) electrons. The molecule has 0 aliphatic heterocycles. The molecule has 23 heavy (non-hydrogen) atoms. The highest BCUT2D eigenvalue weighted by Gasteiger charge is 2.13. The van der Waals surface area contributed by atoms with Crippen molar-refractivity contribution < 1.29 is 4.79 Å². The molecule has 4 nitrogen and oxygen atoms in total. The van der Waals surface area contributed by atoms with Crippen molar-refractivity contribution in [1.29, 1.82) is 0 Å². The molecule has 0 atom stereocenters. The van der Waals surface area contributed by atoms with E-state index in [2.05, 4.69) is 27.8 Å². The summed E-state index contributed by atoms with van der Waals surface area (Å²) in [7, 11) is 0. The van der Waals surface area contributed by atoms with E-state index in [9.17, 15) is 4.79 Å². The van der Waals surface area contributed by atoms with Gasteiger partial charge in [-0.05, 0) is 37.0 Å². The summed E-state index contributed by atoms with van der Waals surface area (Å²) >= 11 is 0. The Kier molecular flexibility index (Phi) is 6.60. The Hall–Kier alpha value is -2.36. The molecule has 2 rings (SSSR count). The van der Waals surface area contributed by atoms with Crippen LogP contribution in [0.4, 0.5) is 11.5 Å². The minimum atomic E-state index is 0.0682. The topological polar surface area (TPSA) is 54.0 Å². The maximum atomic E-state index is 12.0. The van der Waals surface area contributed by atoms with Crippen molar-refractivity contribution in [3.05, 3.63) is 54.2 Å². The average molecular weight is 311 g/mol. The number of carbonyl (C=O) groups excluding carboxylic acids is 1. The zero-order valence-corrected chi connectivity index (χ0v) is 13.9. The minimum Gasteiger partial charge on any atom is -0.370 e. The molecule has 122 valence electrons. The van der Waals surface area contributed by atoms with E-state index in [0.29, 0.717) is 0 Å². The number of amides is 1. The molecular weight excluding hydrogens is 286 g/mol. The number of carbonyl (C=O) groups is 1. The van der Waals surface area contributed by atoms with Crippen molar-refractivity contribution in [2.24, 2.45) is 5.92 Å². The van der Waals surface area contributed by atoms with E-state index in [0.717, 1.165) is 37.3 Å². The van der Waals surface area contributed by atoms with Crippen LogP contribution >= 0.6 is 0 Å². The van der Waals surface area contributed by atoms with Crippen molar-refractivity contribution in [2.75, 3.05) is 17.2 Å². The maximum absolute atomic E-state index is 12.0. The second-order valence-corrected chi connectivity index (χ2v) is 5.60. The molecule has 0 unspecified atom stereocenters. The monoisotopic (exact) mass is 311 g/mol. The van der Waals surface area contributed by atoms with Gasteiger partial charge in [0.15, 0.2) is 0 Å². The van der Waals surface area contributed by atoms with Gasteiger partial charge in [-0.2, -0.15) is 0 Å². The summed E-state index contributed by atoms with van der Waals surface area (Å²) in [5.41, 5.74) is 2.05. The summed E-state index contributed by atoms with van der Waals surface area (Å²) in [6, 6.07) is 14.1. The van der Waals surface area contributed by atoms with E-state index in [1.165, 1.54) is 5.56 Å². The zero-order valence-electron chi connectivity index (χ0n) is 13.9. The number of hydrogen-bond donors (Lipinski definition) is 2. The molecule has 1 heterocycles. The summed E-state index contributed by atoms with van der Waals surface area (Å²) in [5.74, 6) is 0.960. The van der Waals surface area contributed by atoms with E-state index < -0.39 is 0 Å². The van der Waals surface area contributed by atoms with E-state index in [1.807, 2.05) is 44.2 Å². The predicted octanol–water partition coefficient (Wildman–Crippen LogP) is 4.11. The molecule has 0 bridgehead atoms. The normalized spacial score (nSPS) is 10.6. The van der Waals surface area contributed by atoms with Crippen molar-refractivity contribution >= 4 is 17.4 Å². The van der Waals surface area contributed by atoms with Gasteiger partial charge in [-0.1, -0.05) is 44.2 Å². The number of aromatic nitrogens is 1. The Morgan fingerprint density at radius 1 is 1.09 bits per heavy atom. The molecule has 2 N–H and O–H groups in total. The van der Waals surface area contributed by atoms with E-state index in [1.54, 1.807) is 6.20 Å². The standard InChI is InChI=1S/C19H25N3O/c1-3-16(4-2)19(23)22-17-10-11-18(21-14-17)20-13-12-15-8-6-5-7-9-15/h5-11,14,16H,3-4,12-13H2,1-2H3,(H,20,21)(H,22,23). The van der Waals surface area contributed by atoms with E-state index in [4.69, 9.17) is 0 Å². The molecule has 0 fully saturated rings. The summed E-state index contributed by atoms with van der Waals surface area (Å²) in [6.45, 7) is 4.90. The van der Waals surface area contributed by atoms with Gasteiger partial charge in [-0.25, -0.2) is 4.98 Å². The minimum absolute atomic E-state index is 0.0682. The predicted molar refractivity (Wildman–Crippen MR) is 95.6 cm³/mol. The van der Waals surface area contributed by atoms with Gasteiger partial charge < -0.3 is 10.6 Å². The van der Waals surface area contributed by atoms with Gasteiger partial charge in [-0.3, -0.25) is 4.79 Å². The van der Waals surface area contributed by atoms with Crippen LogP contribution in [-0.4, -0.2) is 17.4 Å². The number of benzene rings is 1. The third-order valence-electron chi connectivity index (χ3n) is 3.95. The van der Waals surface area contributed by atoms with Crippen LogP contribution in [0.5, 0.6) is 0 Å². The van der Waals surface area contributed by atoms with Gasteiger partial charge in [0.1, 0.15) is 5.82 Å². The Balaban J connectivity index is 1.81. The number of anilines is 2. The SMILES string of the molecule is CCC(CC)C(=O)Nc1ccc(NCCc2ccccc2)nc1. The zero-order chi connectivity index (χ0) is 16.5. The van der Waals surface area contributed by atoms with E-state index >= 15 is 0 Å². The smallest absolute Gasteiger partial charge is 0.227 e. The molecule has 0 spiro atoms. The Morgan fingerprint density at radius 3 is 2.43 bits per heavy atom. The number of nitrogens with zero attached hydrogens (tertiary/aromatic N) is 1. The van der Waals surface area contributed by atoms with Gasteiger partial charge in [0.25, 0.3) is 0 Å². The molecule has 0 aliphatic rings. The van der Waals surface area contributed by atoms with Crippen LogP contribution in [0.2, 0.25) is 0 Å². The Morgan fingerprint density at radius 2 is 1.83 bits per heavy atom. The Bertz CT molecular complexity index is 592. The Labute approximate surface area is 138 Å². The van der Waals surface area contributed by atoms with Crippen LogP contribution in [0.25, 0.3) is 0 Å². The molecule has 0 aliphatic carbocycles. The maximum Gasteiger partial charge on any atom is 0.227 e. The highest BCUT2D eigenvalue weighted by Crippen LogP contribution is 2.14. The average Bonchev–Trinajstić information content (AvgIpc) is 2.58.